The molecule has 172 valence electrons. The standard InChI is InChI=1S/C25H36O6/c1-16(12-9-13-18(3)25(27)28)10-8-11-17(2)14-15-20-19(4)22(29-5)24(31-7)23(30-6)21(20)26/h10,13-14,26H,8-9,11-12,15H2,1-7H3,(H,27,28)/b16-10+,17-14+,18-13+. The zero-order valence-electron chi connectivity index (χ0n) is 19.8. The molecule has 6 heteroatoms. The highest BCUT2D eigenvalue weighted by Crippen LogP contribution is 2.48. The summed E-state index contributed by atoms with van der Waals surface area (Å²) in [6.45, 7) is 7.65. The van der Waals surface area contributed by atoms with Gasteiger partial charge in [-0.25, -0.2) is 4.79 Å². The molecule has 0 spiro atoms. The molecule has 0 bridgehead atoms. The number of phenolic OH excluding ortho intramolecular Hbond substituents is 1. The Morgan fingerprint density at radius 2 is 1.35 bits per heavy atom. The first-order chi connectivity index (χ1) is 14.7. The second-order valence-corrected chi connectivity index (χ2v) is 7.63. The van der Waals surface area contributed by atoms with E-state index in [2.05, 4.69) is 26.0 Å². The normalized spacial score (nSPS) is 12.7. The number of phenols is 1. The molecule has 0 unspecified atom stereocenters. The molecule has 6 nitrogen and oxygen atoms in total. The summed E-state index contributed by atoms with van der Waals surface area (Å²) in [6, 6.07) is 0. The number of allylic oxidation sites excluding steroid dienone is 5. The van der Waals surface area contributed by atoms with Crippen molar-refractivity contribution in [2.75, 3.05) is 21.3 Å². The fraction of sp³-hybridized carbons (Fsp3) is 0.480. The minimum absolute atomic E-state index is 0.0714. The van der Waals surface area contributed by atoms with E-state index in [1.807, 2.05) is 6.92 Å². The number of aromatic hydroxyl groups is 1. The van der Waals surface area contributed by atoms with E-state index >= 15 is 0 Å². The molecule has 0 atom stereocenters. The van der Waals surface area contributed by atoms with Crippen LogP contribution in [0, 0.1) is 6.92 Å². The Bertz CT molecular complexity index is 830. The lowest BCUT2D eigenvalue weighted by Gasteiger charge is -2.19. The van der Waals surface area contributed by atoms with Gasteiger partial charge in [0.15, 0.2) is 11.5 Å². The van der Waals surface area contributed by atoms with Crippen LogP contribution in [0.2, 0.25) is 0 Å². The van der Waals surface area contributed by atoms with Crippen molar-refractivity contribution in [3.8, 4) is 23.0 Å². The summed E-state index contributed by atoms with van der Waals surface area (Å²) in [5.41, 5.74) is 4.43. The van der Waals surface area contributed by atoms with Gasteiger partial charge in [0, 0.05) is 16.7 Å². The van der Waals surface area contributed by atoms with Crippen molar-refractivity contribution in [1.82, 2.24) is 0 Å². The van der Waals surface area contributed by atoms with Gasteiger partial charge in [-0.15, -0.1) is 0 Å². The molecule has 0 aliphatic heterocycles. The van der Waals surface area contributed by atoms with E-state index in [1.54, 1.807) is 20.1 Å². The van der Waals surface area contributed by atoms with Crippen molar-refractivity contribution >= 4 is 5.97 Å². The van der Waals surface area contributed by atoms with Gasteiger partial charge in [-0.1, -0.05) is 29.4 Å². The molecular formula is C25H36O6. The molecule has 0 amide bonds. The van der Waals surface area contributed by atoms with Crippen LogP contribution in [0.1, 0.15) is 57.6 Å². The lowest BCUT2D eigenvalue weighted by Crippen LogP contribution is -2.01. The Morgan fingerprint density at radius 1 is 0.839 bits per heavy atom. The van der Waals surface area contributed by atoms with Crippen molar-refractivity contribution < 1.29 is 29.2 Å². The van der Waals surface area contributed by atoms with Gasteiger partial charge < -0.3 is 24.4 Å². The van der Waals surface area contributed by atoms with Gasteiger partial charge in [0.25, 0.3) is 0 Å². The van der Waals surface area contributed by atoms with Gasteiger partial charge >= 0.3 is 5.97 Å². The molecule has 31 heavy (non-hydrogen) atoms. The highest BCUT2D eigenvalue weighted by Gasteiger charge is 2.23. The minimum atomic E-state index is -0.865. The van der Waals surface area contributed by atoms with Crippen molar-refractivity contribution in [2.24, 2.45) is 0 Å². The van der Waals surface area contributed by atoms with Gasteiger partial charge in [-0.05, 0) is 59.8 Å². The molecule has 0 fully saturated rings. The summed E-state index contributed by atoms with van der Waals surface area (Å²) >= 11 is 0. The van der Waals surface area contributed by atoms with Crippen LogP contribution in [0.3, 0.4) is 0 Å². The van der Waals surface area contributed by atoms with Gasteiger partial charge in [-0.2, -0.15) is 0 Å². The third-order valence-electron chi connectivity index (χ3n) is 5.33. The number of rotatable bonds is 12. The number of benzene rings is 1. The Kier molecular flexibility index (Phi) is 10.7. The monoisotopic (exact) mass is 432 g/mol. The van der Waals surface area contributed by atoms with E-state index in [1.165, 1.54) is 25.4 Å². The van der Waals surface area contributed by atoms with E-state index < -0.39 is 5.97 Å². The molecule has 0 saturated carbocycles. The average Bonchev–Trinajstić information content (AvgIpc) is 2.72. The number of hydrogen-bond donors (Lipinski definition) is 2. The minimum Gasteiger partial charge on any atom is -0.504 e. The van der Waals surface area contributed by atoms with Crippen molar-refractivity contribution in [1.29, 1.82) is 0 Å². The number of ether oxygens (including phenoxy) is 3. The summed E-state index contributed by atoms with van der Waals surface area (Å²) in [5.74, 6) is 0.428. The lowest BCUT2D eigenvalue weighted by atomic mass is 9.99. The molecule has 0 saturated heterocycles. The quantitative estimate of drug-likeness (QED) is 0.323. The van der Waals surface area contributed by atoms with Gasteiger partial charge in [0.2, 0.25) is 11.5 Å². The highest BCUT2D eigenvalue weighted by atomic mass is 16.5. The summed E-state index contributed by atoms with van der Waals surface area (Å²) in [4.78, 5) is 10.8. The van der Waals surface area contributed by atoms with Crippen LogP contribution in [-0.2, 0) is 11.2 Å². The predicted molar refractivity (Wildman–Crippen MR) is 124 cm³/mol. The van der Waals surface area contributed by atoms with E-state index in [9.17, 15) is 9.90 Å². The van der Waals surface area contributed by atoms with Crippen LogP contribution in [0.5, 0.6) is 23.0 Å². The van der Waals surface area contributed by atoms with Crippen LogP contribution in [0.15, 0.2) is 34.9 Å². The fourth-order valence-corrected chi connectivity index (χ4v) is 3.33. The smallest absolute Gasteiger partial charge is 0.330 e. The molecule has 1 aromatic rings. The Morgan fingerprint density at radius 3 is 1.87 bits per heavy atom. The summed E-state index contributed by atoms with van der Waals surface area (Å²) < 4.78 is 16.2. The third kappa shape index (κ3) is 7.39. The molecular weight excluding hydrogens is 396 g/mol. The summed E-state index contributed by atoms with van der Waals surface area (Å²) in [6.07, 6.45) is 10.0. The highest BCUT2D eigenvalue weighted by molar-refractivity contribution is 5.85. The number of aliphatic carboxylic acids is 1. The first-order valence-corrected chi connectivity index (χ1v) is 10.4. The lowest BCUT2D eigenvalue weighted by molar-refractivity contribution is -0.132. The molecule has 2 N–H and O–H groups in total. The molecule has 1 rings (SSSR count). The maximum absolute atomic E-state index is 10.8. The second-order valence-electron chi connectivity index (χ2n) is 7.63. The Balaban J connectivity index is 2.80. The Labute approximate surface area is 185 Å². The number of methoxy groups -OCH3 is 3. The van der Waals surface area contributed by atoms with Gasteiger partial charge in [-0.3, -0.25) is 0 Å². The fourth-order valence-electron chi connectivity index (χ4n) is 3.33. The topological polar surface area (TPSA) is 85.2 Å². The van der Waals surface area contributed by atoms with Crippen LogP contribution in [0.4, 0.5) is 0 Å². The van der Waals surface area contributed by atoms with Gasteiger partial charge in [0.1, 0.15) is 0 Å². The number of carboxylic acids is 1. The largest absolute Gasteiger partial charge is 0.504 e. The van der Waals surface area contributed by atoms with Crippen molar-refractivity contribution in [3.05, 3.63) is 46.1 Å². The molecule has 1 aromatic carbocycles. The number of hydrogen-bond acceptors (Lipinski definition) is 5. The van der Waals surface area contributed by atoms with Crippen molar-refractivity contribution in [3.63, 3.8) is 0 Å². The van der Waals surface area contributed by atoms with Crippen LogP contribution in [-0.4, -0.2) is 37.5 Å². The molecule has 0 aromatic heterocycles. The van der Waals surface area contributed by atoms with Crippen LogP contribution in [0.25, 0.3) is 0 Å². The Hall–Kier alpha value is -2.89. The van der Waals surface area contributed by atoms with Crippen molar-refractivity contribution in [2.45, 2.75) is 59.8 Å². The van der Waals surface area contributed by atoms with E-state index in [0.717, 1.165) is 36.8 Å². The van der Waals surface area contributed by atoms with Crippen LogP contribution >= 0.6 is 0 Å². The average molecular weight is 433 g/mol. The van der Waals surface area contributed by atoms with Gasteiger partial charge in [0.05, 0.1) is 21.3 Å². The first-order valence-electron chi connectivity index (χ1n) is 10.4. The molecule has 0 radical (unpaired) electrons. The molecule has 0 aliphatic rings. The maximum atomic E-state index is 10.8. The third-order valence-corrected chi connectivity index (χ3v) is 5.33. The maximum Gasteiger partial charge on any atom is 0.330 e. The number of carbonyl (C=O) groups is 1. The zero-order chi connectivity index (χ0) is 23.6. The summed E-state index contributed by atoms with van der Waals surface area (Å²) in [5, 5.41) is 19.6. The molecule has 0 heterocycles. The van der Waals surface area contributed by atoms with E-state index in [0.29, 0.717) is 23.5 Å². The summed E-state index contributed by atoms with van der Waals surface area (Å²) in [7, 11) is 4.58. The van der Waals surface area contributed by atoms with Crippen LogP contribution < -0.4 is 14.2 Å². The number of carboxylic acid groups (broad SMARTS) is 1. The molecule has 0 aliphatic carbocycles. The second kappa shape index (κ2) is 12.7. The van der Waals surface area contributed by atoms with E-state index in [-0.39, 0.29) is 11.5 Å². The van der Waals surface area contributed by atoms with E-state index in [4.69, 9.17) is 19.3 Å². The predicted octanol–water partition coefficient (Wildman–Crippen LogP) is 5.75. The first kappa shape index (κ1) is 26.1. The zero-order valence-corrected chi connectivity index (χ0v) is 19.8. The SMILES string of the molecule is COc1c(C)c(C/C=C(\C)CC/C=C(\C)CC/C=C(\C)C(=O)O)c(O)c(OC)c1OC.